The van der Waals surface area contributed by atoms with Crippen LogP contribution < -0.4 is 5.32 Å². The SMILES string of the molecule is CC(C)(C)OC(=O)N1C[C@H](O)C[C@@H]1C(=O)NC1C2CC3CC(C2)CC1C3. The van der Waals surface area contributed by atoms with Crippen LogP contribution in [0.5, 0.6) is 0 Å². The van der Waals surface area contributed by atoms with E-state index < -0.39 is 23.8 Å². The molecule has 6 nitrogen and oxygen atoms in total. The van der Waals surface area contributed by atoms with Gasteiger partial charge in [0.05, 0.1) is 12.6 Å². The lowest BCUT2D eigenvalue weighted by molar-refractivity contribution is -0.129. The van der Waals surface area contributed by atoms with Crippen LogP contribution in [-0.2, 0) is 9.53 Å². The molecule has 2 N–H and O–H groups in total. The lowest BCUT2D eigenvalue weighted by Gasteiger charge is -2.54. The standard InChI is InChI=1S/C20H32N2O4/c1-20(2,3)26-19(25)22-10-15(23)9-16(22)18(24)21-17-13-5-11-4-12(7-13)8-14(17)6-11/h11-17,23H,4-10H2,1-3H3,(H,21,24)/t11?,12?,13?,14?,15-,16-,17?/m1/s1. The Morgan fingerprint density at radius 1 is 1.00 bits per heavy atom. The highest BCUT2D eigenvalue weighted by Gasteiger charge is 2.50. The number of β-amino-alcohol motifs (C(OH)–C–C–N with tert-alkyl or cyclic N) is 1. The molecule has 0 aromatic carbocycles. The molecule has 5 aliphatic rings. The van der Waals surface area contributed by atoms with Crippen LogP contribution in [0.2, 0.25) is 0 Å². The molecule has 1 saturated heterocycles. The average molecular weight is 364 g/mol. The second-order valence-electron chi connectivity index (χ2n) is 10.0. The summed E-state index contributed by atoms with van der Waals surface area (Å²) in [6.07, 6.45) is 5.44. The molecular weight excluding hydrogens is 332 g/mol. The van der Waals surface area contributed by atoms with Gasteiger partial charge in [0.2, 0.25) is 5.91 Å². The first kappa shape index (κ1) is 18.1. The predicted octanol–water partition coefficient (Wildman–Crippen LogP) is 2.30. The van der Waals surface area contributed by atoms with Crippen molar-refractivity contribution in [2.24, 2.45) is 23.7 Å². The first-order valence-corrected chi connectivity index (χ1v) is 10.2. The van der Waals surface area contributed by atoms with Crippen LogP contribution in [0.15, 0.2) is 0 Å². The van der Waals surface area contributed by atoms with E-state index in [0.717, 1.165) is 11.8 Å². The number of carbonyl (C=O) groups is 2. The Labute approximate surface area is 155 Å². The normalized spacial score (nSPS) is 41.4. The third kappa shape index (κ3) is 3.45. The highest BCUT2D eigenvalue weighted by atomic mass is 16.6. The minimum Gasteiger partial charge on any atom is -0.444 e. The quantitative estimate of drug-likeness (QED) is 0.788. The van der Waals surface area contributed by atoms with Crippen LogP contribution in [0.1, 0.15) is 59.3 Å². The molecule has 2 amide bonds. The summed E-state index contributed by atoms with van der Waals surface area (Å²) in [5.74, 6) is 2.78. The molecule has 26 heavy (non-hydrogen) atoms. The minimum absolute atomic E-state index is 0.120. The highest BCUT2D eigenvalue weighted by molar-refractivity contribution is 5.86. The summed E-state index contributed by atoms with van der Waals surface area (Å²) in [7, 11) is 0. The number of hydrogen-bond acceptors (Lipinski definition) is 4. The minimum atomic E-state index is -0.670. The Bertz CT molecular complexity index is 557. The van der Waals surface area contributed by atoms with Gasteiger partial charge in [-0.2, -0.15) is 0 Å². The molecule has 2 atom stereocenters. The zero-order chi connectivity index (χ0) is 18.6. The Balaban J connectivity index is 1.42. The molecule has 5 rings (SSSR count). The molecule has 0 aromatic rings. The number of likely N-dealkylation sites (tertiary alicyclic amines) is 1. The van der Waals surface area contributed by atoms with Gasteiger partial charge in [-0.05, 0) is 76.5 Å². The van der Waals surface area contributed by atoms with Crippen LogP contribution in [-0.4, -0.2) is 52.3 Å². The van der Waals surface area contributed by atoms with Crippen LogP contribution >= 0.6 is 0 Å². The molecule has 0 spiro atoms. The third-order valence-electron chi connectivity index (χ3n) is 6.75. The summed E-state index contributed by atoms with van der Waals surface area (Å²) in [5.41, 5.74) is -0.618. The van der Waals surface area contributed by atoms with E-state index in [1.165, 1.54) is 37.0 Å². The van der Waals surface area contributed by atoms with E-state index in [0.29, 0.717) is 18.3 Å². The fraction of sp³-hybridized carbons (Fsp3) is 0.900. The number of aliphatic hydroxyl groups excluding tert-OH is 1. The van der Waals surface area contributed by atoms with E-state index in [9.17, 15) is 14.7 Å². The van der Waals surface area contributed by atoms with Crippen LogP contribution in [0.4, 0.5) is 4.79 Å². The zero-order valence-electron chi connectivity index (χ0n) is 16.1. The van der Waals surface area contributed by atoms with Crippen molar-refractivity contribution < 1.29 is 19.4 Å². The molecule has 0 aromatic heterocycles. The summed E-state index contributed by atoms with van der Waals surface area (Å²) in [6, 6.07) is -0.384. The molecule has 4 bridgehead atoms. The van der Waals surface area contributed by atoms with Gasteiger partial charge in [0, 0.05) is 12.5 Å². The second-order valence-corrected chi connectivity index (χ2v) is 10.0. The number of amides is 2. The van der Waals surface area contributed by atoms with Gasteiger partial charge in [-0.15, -0.1) is 0 Å². The van der Waals surface area contributed by atoms with Crippen molar-refractivity contribution in [1.29, 1.82) is 0 Å². The van der Waals surface area contributed by atoms with Gasteiger partial charge in [0.15, 0.2) is 0 Å². The highest BCUT2D eigenvalue weighted by Crippen LogP contribution is 2.53. The van der Waals surface area contributed by atoms with Gasteiger partial charge in [0.1, 0.15) is 11.6 Å². The lowest BCUT2D eigenvalue weighted by atomic mass is 9.54. The summed E-state index contributed by atoms with van der Waals surface area (Å²) in [5, 5.41) is 13.3. The summed E-state index contributed by atoms with van der Waals surface area (Å²) < 4.78 is 5.43. The van der Waals surface area contributed by atoms with Gasteiger partial charge < -0.3 is 15.2 Å². The first-order valence-electron chi connectivity index (χ1n) is 10.2. The number of nitrogens with one attached hydrogen (secondary N) is 1. The van der Waals surface area contributed by atoms with Crippen molar-refractivity contribution in [2.75, 3.05) is 6.54 Å². The van der Waals surface area contributed by atoms with E-state index in [4.69, 9.17) is 4.74 Å². The third-order valence-corrected chi connectivity index (χ3v) is 6.75. The fourth-order valence-corrected chi connectivity index (χ4v) is 6.01. The maximum absolute atomic E-state index is 13.0. The smallest absolute Gasteiger partial charge is 0.411 e. The Hall–Kier alpha value is -1.30. The first-order chi connectivity index (χ1) is 12.2. The van der Waals surface area contributed by atoms with Crippen LogP contribution in [0.25, 0.3) is 0 Å². The number of aliphatic hydroxyl groups is 1. The molecule has 5 fully saturated rings. The second kappa shape index (κ2) is 6.39. The number of ether oxygens (including phenoxy) is 1. The van der Waals surface area contributed by atoms with Crippen molar-refractivity contribution in [3.63, 3.8) is 0 Å². The van der Waals surface area contributed by atoms with Crippen molar-refractivity contribution in [1.82, 2.24) is 10.2 Å². The maximum Gasteiger partial charge on any atom is 0.411 e. The summed E-state index contributed by atoms with van der Waals surface area (Å²) >= 11 is 0. The zero-order valence-corrected chi connectivity index (χ0v) is 16.1. The molecule has 1 aliphatic heterocycles. The number of carbonyl (C=O) groups excluding carboxylic acids is 2. The van der Waals surface area contributed by atoms with E-state index >= 15 is 0 Å². The summed E-state index contributed by atoms with van der Waals surface area (Å²) in [6.45, 7) is 5.58. The fourth-order valence-electron chi connectivity index (χ4n) is 6.01. The number of rotatable bonds is 2. The van der Waals surface area contributed by atoms with Crippen molar-refractivity contribution in [3.05, 3.63) is 0 Å². The van der Waals surface area contributed by atoms with Crippen LogP contribution in [0.3, 0.4) is 0 Å². The van der Waals surface area contributed by atoms with E-state index in [2.05, 4.69) is 5.32 Å². The molecule has 4 saturated carbocycles. The Morgan fingerprint density at radius 2 is 1.58 bits per heavy atom. The molecule has 1 heterocycles. The van der Waals surface area contributed by atoms with Gasteiger partial charge in [-0.1, -0.05) is 0 Å². The molecular formula is C20H32N2O4. The maximum atomic E-state index is 13.0. The van der Waals surface area contributed by atoms with Crippen LogP contribution in [0, 0.1) is 23.7 Å². The van der Waals surface area contributed by atoms with Gasteiger partial charge in [-0.25, -0.2) is 4.79 Å². The largest absolute Gasteiger partial charge is 0.444 e. The predicted molar refractivity (Wildman–Crippen MR) is 96.3 cm³/mol. The molecule has 0 radical (unpaired) electrons. The summed E-state index contributed by atoms with van der Waals surface area (Å²) in [4.78, 5) is 26.9. The van der Waals surface area contributed by atoms with E-state index in [1.54, 1.807) is 20.8 Å². The average Bonchev–Trinajstić information content (AvgIpc) is 2.90. The molecule has 146 valence electrons. The Morgan fingerprint density at radius 3 is 2.12 bits per heavy atom. The monoisotopic (exact) mass is 364 g/mol. The van der Waals surface area contributed by atoms with Gasteiger partial charge in [-0.3, -0.25) is 9.69 Å². The number of nitrogens with zero attached hydrogens (tertiary/aromatic N) is 1. The lowest BCUT2D eigenvalue weighted by Crippen LogP contribution is -2.58. The molecule has 0 unspecified atom stereocenters. The van der Waals surface area contributed by atoms with Gasteiger partial charge >= 0.3 is 6.09 Å². The topological polar surface area (TPSA) is 78.9 Å². The molecule has 6 heteroatoms. The van der Waals surface area contributed by atoms with Crippen molar-refractivity contribution >= 4 is 12.0 Å². The van der Waals surface area contributed by atoms with E-state index in [1.807, 2.05) is 0 Å². The van der Waals surface area contributed by atoms with Crippen molar-refractivity contribution in [2.45, 2.75) is 83.1 Å². The number of hydrogen-bond donors (Lipinski definition) is 2. The Kier molecular flexibility index (Phi) is 4.45. The van der Waals surface area contributed by atoms with Gasteiger partial charge in [0.25, 0.3) is 0 Å². The van der Waals surface area contributed by atoms with Crippen molar-refractivity contribution in [3.8, 4) is 0 Å². The van der Waals surface area contributed by atoms with E-state index in [-0.39, 0.29) is 18.5 Å². The molecule has 4 aliphatic carbocycles.